The smallest absolute Gasteiger partial charge is 0.326 e. The fourth-order valence-corrected chi connectivity index (χ4v) is 2.33. The number of nitrogens with zero attached hydrogens (tertiary/aromatic N) is 2. The number of amides is 1. The van der Waals surface area contributed by atoms with Crippen molar-refractivity contribution < 1.29 is 18.0 Å². The molecule has 0 aliphatic heterocycles. The van der Waals surface area contributed by atoms with E-state index in [1.807, 2.05) is 0 Å². The lowest BCUT2D eigenvalue weighted by molar-refractivity contribution is -0.144. The van der Waals surface area contributed by atoms with E-state index >= 15 is 0 Å². The van der Waals surface area contributed by atoms with E-state index in [2.05, 4.69) is 4.98 Å². The third-order valence-electron chi connectivity index (χ3n) is 3.40. The molecule has 1 amide bonds. The Morgan fingerprint density at radius 3 is 2.70 bits per heavy atom. The zero-order valence-electron chi connectivity index (χ0n) is 10.8. The van der Waals surface area contributed by atoms with Gasteiger partial charge in [-0.1, -0.05) is 11.6 Å². The predicted octanol–water partition coefficient (Wildman–Crippen LogP) is 3.54. The van der Waals surface area contributed by atoms with E-state index in [0.29, 0.717) is 0 Å². The zero-order chi connectivity index (χ0) is 14.9. The van der Waals surface area contributed by atoms with Gasteiger partial charge in [-0.2, -0.15) is 13.2 Å². The molecule has 1 aliphatic carbocycles. The molecular formula is C13H14ClF3N2O. The maximum atomic E-state index is 12.7. The number of halogens is 4. The summed E-state index contributed by atoms with van der Waals surface area (Å²) in [6.45, 7) is 0.375. The molecule has 1 aliphatic rings. The Kier molecular flexibility index (Phi) is 4.22. The Morgan fingerprint density at radius 1 is 1.55 bits per heavy atom. The van der Waals surface area contributed by atoms with Gasteiger partial charge in [-0.25, -0.2) is 4.98 Å². The molecule has 20 heavy (non-hydrogen) atoms. The van der Waals surface area contributed by atoms with E-state index in [1.54, 1.807) is 6.92 Å². The quantitative estimate of drug-likeness (QED) is 0.797. The number of hydrogen-bond acceptors (Lipinski definition) is 2. The van der Waals surface area contributed by atoms with Crippen LogP contribution >= 0.6 is 11.6 Å². The van der Waals surface area contributed by atoms with Crippen LogP contribution in [0.5, 0.6) is 0 Å². The van der Waals surface area contributed by atoms with Crippen LogP contribution in [0.15, 0.2) is 18.3 Å². The number of rotatable bonds is 4. The van der Waals surface area contributed by atoms with Crippen molar-refractivity contribution >= 4 is 17.5 Å². The van der Waals surface area contributed by atoms with Gasteiger partial charge in [0.1, 0.15) is 11.7 Å². The molecule has 1 heterocycles. The van der Waals surface area contributed by atoms with Gasteiger partial charge in [0.15, 0.2) is 0 Å². The number of aromatic nitrogens is 1. The first-order valence-electron chi connectivity index (χ1n) is 6.28. The van der Waals surface area contributed by atoms with Crippen LogP contribution in [0.25, 0.3) is 0 Å². The fourth-order valence-electron chi connectivity index (χ4n) is 2.13. The van der Waals surface area contributed by atoms with Crippen molar-refractivity contribution in [3.8, 4) is 0 Å². The highest BCUT2D eigenvalue weighted by molar-refractivity contribution is 6.32. The number of carbonyl (C=O) groups is 1. The normalized spacial score (nSPS) is 16.9. The van der Waals surface area contributed by atoms with Gasteiger partial charge in [-0.05, 0) is 37.8 Å². The molecular weight excluding hydrogens is 293 g/mol. The van der Waals surface area contributed by atoms with Crippen molar-refractivity contribution in [3.05, 3.63) is 29.0 Å². The molecule has 7 heteroatoms. The van der Waals surface area contributed by atoms with E-state index in [4.69, 9.17) is 11.6 Å². The van der Waals surface area contributed by atoms with E-state index in [1.165, 1.54) is 18.3 Å². The first-order valence-corrected chi connectivity index (χ1v) is 6.65. The van der Waals surface area contributed by atoms with Crippen molar-refractivity contribution in [2.45, 2.75) is 32.0 Å². The van der Waals surface area contributed by atoms with Gasteiger partial charge in [-0.15, -0.1) is 0 Å². The monoisotopic (exact) mass is 306 g/mol. The molecule has 0 radical (unpaired) electrons. The summed E-state index contributed by atoms with van der Waals surface area (Å²) in [6, 6.07) is 2.41. The van der Waals surface area contributed by atoms with E-state index < -0.39 is 24.7 Å². The SMILES string of the molecule is CC(C1CC1)N(CC(F)(F)F)C(=O)c1cccnc1Cl. The van der Waals surface area contributed by atoms with Gasteiger partial charge in [0, 0.05) is 12.2 Å². The van der Waals surface area contributed by atoms with E-state index in [9.17, 15) is 18.0 Å². The van der Waals surface area contributed by atoms with Crippen LogP contribution in [-0.4, -0.2) is 34.6 Å². The highest BCUT2D eigenvalue weighted by atomic mass is 35.5. The maximum absolute atomic E-state index is 12.7. The van der Waals surface area contributed by atoms with Gasteiger partial charge >= 0.3 is 6.18 Å². The molecule has 110 valence electrons. The molecule has 1 aromatic heterocycles. The largest absolute Gasteiger partial charge is 0.406 e. The summed E-state index contributed by atoms with van der Waals surface area (Å²) >= 11 is 5.79. The fraction of sp³-hybridized carbons (Fsp3) is 0.538. The number of alkyl halides is 3. The molecule has 1 saturated carbocycles. The molecule has 3 nitrogen and oxygen atoms in total. The molecule has 2 rings (SSSR count). The molecule has 1 atom stereocenters. The van der Waals surface area contributed by atoms with Gasteiger partial charge < -0.3 is 4.90 Å². The first-order chi connectivity index (χ1) is 9.29. The Labute approximate surface area is 119 Å². The minimum absolute atomic E-state index is 0.00548. The minimum atomic E-state index is -4.44. The van der Waals surface area contributed by atoms with Gasteiger partial charge in [0.2, 0.25) is 0 Å². The molecule has 1 fully saturated rings. The molecule has 0 saturated heterocycles. The van der Waals surface area contributed by atoms with E-state index in [-0.39, 0.29) is 16.6 Å². The summed E-state index contributed by atoms with van der Waals surface area (Å²) in [7, 11) is 0. The van der Waals surface area contributed by atoms with Gasteiger partial charge in [-0.3, -0.25) is 4.79 Å². The Hall–Kier alpha value is -1.30. The first kappa shape index (κ1) is 15.1. The lowest BCUT2D eigenvalue weighted by Gasteiger charge is -2.30. The summed E-state index contributed by atoms with van der Waals surface area (Å²) in [6.07, 6.45) is -1.35. The zero-order valence-corrected chi connectivity index (χ0v) is 11.6. The molecule has 0 bridgehead atoms. The average Bonchev–Trinajstić information content (AvgIpc) is 3.18. The standard InChI is InChI=1S/C13H14ClF3N2O/c1-8(9-4-5-9)19(7-13(15,16)17)12(20)10-3-2-6-18-11(10)14/h2-3,6,8-9H,4-5,7H2,1H3. The second kappa shape index (κ2) is 5.60. The second-order valence-electron chi connectivity index (χ2n) is 4.97. The molecule has 0 spiro atoms. The maximum Gasteiger partial charge on any atom is 0.406 e. The van der Waals surface area contributed by atoms with Crippen LogP contribution in [0, 0.1) is 5.92 Å². The van der Waals surface area contributed by atoms with Crippen molar-refractivity contribution in [3.63, 3.8) is 0 Å². The Bertz CT molecular complexity index is 503. The van der Waals surface area contributed by atoms with Crippen molar-refractivity contribution in [1.29, 1.82) is 0 Å². The van der Waals surface area contributed by atoms with Crippen LogP contribution in [0.3, 0.4) is 0 Å². The van der Waals surface area contributed by atoms with Crippen LogP contribution in [-0.2, 0) is 0 Å². The van der Waals surface area contributed by atoms with E-state index in [0.717, 1.165) is 17.7 Å². The van der Waals surface area contributed by atoms with Crippen LogP contribution < -0.4 is 0 Å². The van der Waals surface area contributed by atoms with Crippen LogP contribution in [0.1, 0.15) is 30.1 Å². The average molecular weight is 307 g/mol. The number of hydrogen-bond donors (Lipinski definition) is 0. The molecule has 0 N–H and O–H groups in total. The summed E-state index contributed by atoms with van der Waals surface area (Å²) < 4.78 is 38.1. The molecule has 1 unspecified atom stereocenters. The lowest BCUT2D eigenvalue weighted by Crippen LogP contribution is -2.45. The topological polar surface area (TPSA) is 33.2 Å². The van der Waals surface area contributed by atoms with Crippen molar-refractivity contribution in [1.82, 2.24) is 9.88 Å². The summed E-state index contributed by atoms with van der Waals surface area (Å²) in [5.74, 6) is -0.587. The lowest BCUT2D eigenvalue weighted by atomic mass is 10.1. The van der Waals surface area contributed by atoms with Crippen molar-refractivity contribution in [2.24, 2.45) is 5.92 Å². The molecule has 0 aromatic carbocycles. The minimum Gasteiger partial charge on any atom is -0.326 e. The van der Waals surface area contributed by atoms with Crippen molar-refractivity contribution in [2.75, 3.05) is 6.54 Å². The highest BCUT2D eigenvalue weighted by Gasteiger charge is 2.41. The highest BCUT2D eigenvalue weighted by Crippen LogP contribution is 2.37. The predicted molar refractivity (Wildman–Crippen MR) is 68.5 cm³/mol. The Balaban J connectivity index is 2.25. The Morgan fingerprint density at radius 2 is 2.20 bits per heavy atom. The second-order valence-corrected chi connectivity index (χ2v) is 5.33. The summed E-state index contributed by atoms with van der Waals surface area (Å²) in [5, 5.41) is -0.0762. The number of carbonyl (C=O) groups excluding carboxylic acids is 1. The summed E-state index contributed by atoms with van der Waals surface area (Å²) in [5.41, 5.74) is 0.00548. The summed E-state index contributed by atoms with van der Waals surface area (Å²) in [4.78, 5) is 16.9. The third-order valence-corrected chi connectivity index (χ3v) is 3.70. The van der Waals surface area contributed by atoms with Crippen LogP contribution in [0.4, 0.5) is 13.2 Å². The van der Waals surface area contributed by atoms with Gasteiger partial charge in [0.25, 0.3) is 5.91 Å². The van der Waals surface area contributed by atoms with Crippen LogP contribution in [0.2, 0.25) is 5.15 Å². The number of pyridine rings is 1. The van der Waals surface area contributed by atoms with Gasteiger partial charge in [0.05, 0.1) is 5.56 Å². The molecule has 1 aromatic rings. The third kappa shape index (κ3) is 3.62.